The van der Waals surface area contributed by atoms with Crippen LogP contribution in [-0.2, 0) is 0 Å². The van der Waals surface area contributed by atoms with Gasteiger partial charge in [-0.25, -0.2) is 9.37 Å². The van der Waals surface area contributed by atoms with Crippen molar-refractivity contribution < 1.29 is 4.39 Å². The van der Waals surface area contributed by atoms with E-state index in [1.165, 1.54) is 16.1 Å². The molecule has 0 N–H and O–H groups in total. The molecule has 4 heteroatoms. The molecule has 2 aliphatic rings. The van der Waals surface area contributed by atoms with Crippen molar-refractivity contribution in [3.05, 3.63) is 28.8 Å². The van der Waals surface area contributed by atoms with Gasteiger partial charge in [0.1, 0.15) is 5.67 Å². The van der Waals surface area contributed by atoms with E-state index in [1.54, 1.807) is 6.92 Å². The minimum Gasteiger partial charge on any atom is -0.322 e. The van der Waals surface area contributed by atoms with Crippen LogP contribution in [0.3, 0.4) is 0 Å². The minimum atomic E-state index is -0.953. The number of aromatic nitrogens is 2. The second kappa shape index (κ2) is 3.92. The van der Waals surface area contributed by atoms with Crippen molar-refractivity contribution in [1.82, 2.24) is 9.55 Å². The molecule has 0 amide bonds. The van der Waals surface area contributed by atoms with Gasteiger partial charge in [-0.2, -0.15) is 0 Å². The molecule has 19 heavy (non-hydrogen) atoms. The Morgan fingerprint density at radius 1 is 1.42 bits per heavy atom. The number of thiophene rings is 1. The molecule has 0 bridgehead atoms. The lowest BCUT2D eigenvalue weighted by Gasteiger charge is -2.34. The smallest absolute Gasteiger partial charge is 0.108 e. The molecule has 0 saturated heterocycles. The molecule has 1 saturated carbocycles. The van der Waals surface area contributed by atoms with E-state index in [0.717, 1.165) is 12.8 Å². The van der Waals surface area contributed by atoms with E-state index in [4.69, 9.17) is 0 Å². The topological polar surface area (TPSA) is 17.8 Å². The lowest BCUT2D eigenvalue weighted by Crippen LogP contribution is -2.29. The van der Waals surface area contributed by atoms with Crippen LogP contribution in [0.1, 0.15) is 43.5 Å². The average molecular weight is 276 g/mol. The van der Waals surface area contributed by atoms with Crippen molar-refractivity contribution in [2.45, 2.75) is 44.3 Å². The molecule has 3 heterocycles. The summed E-state index contributed by atoms with van der Waals surface area (Å²) in [5, 5.41) is 2.16. The molecular weight excluding hydrogens is 259 g/mol. The lowest BCUT2D eigenvalue weighted by atomic mass is 9.77. The Morgan fingerprint density at radius 2 is 2.21 bits per heavy atom. The van der Waals surface area contributed by atoms with Gasteiger partial charge in [-0.05, 0) is 50.0 Å². The summed E-state index contributed by atoms with van der Waals surface area (Å²) in [6.07, 6.45) is 7.24. The van der Waals surface area contributed by atoms with Crippen molar-refractivity contribution in [3.63, 3.8) is 0 Å². The number of hydrogen-bond donors (Lipinski definition) is 0. The number of fused-ring (bicyclic) bond motifs is 3. The van der Waals surface area contributed by atoms with Gasteiger partial charge < -0.3 is 4.57 Å². The zero-order valence-corrected chi connectivity index (χ0v) is 11.8. The number of alkyl halides is 1. The van der Waals surface area contributed by atoms with Crippen molar-refractivity contribution in [2.75, 3.05) is 0 Å². The summed E-state index contributed by atoms with van der Waals surface area (Å²) in [7, 11) is 0. The van der Waals surface area contributed by atoms with Gasteiger partial charge in [0, 0.05) is 10.4 Å². The maximum atomic E-state index is 14.0. The molecular formula is C15H17FN2S. The molecule has 1 atom stereocenters. The molecule has 2 nitrogen and oxygen atoms in total. The molecule has 0 aromatic carbocycles. The van der Waals surface area contributed by atoms with Gasteiger partial charge >= 0.3 is 0 Å². The number of imidazole rings is 1. The van der Waals surface area contributed by atoms with Gasteiger partial charge in [0.25, 0.3) is 0 Å². The van der Waals surface area contributed by atoms with E-state index in [1.807, 2.05) is 23.9 Å². The van der Waals surface area contributed by atoms with Crippen LogP contribution in [0.4, 0.5) is 4.39 Å². The zero-order valence-electron chi connectivity index (χ0n) is 11.0. The Bertz CT molecular complexity index is 563. The summed E-state index contributed by atoms with van der Waals surface area (Å²) in [5.74, 6) is 0.552. The summed E-state index contributed by atoms with van der Waals surface area (Å²) in [4.78, 5) is 5.74. The number of nitrogens with zero attached hydrogens (tertiary/aromatic N) is 2. The standard InChI is InChI=1S/C15H17FN2S/c1-15(16)5-2-10(3-6-15)13-14-11(4-7-19-14)12-8-17-9-18(12)13/h4,7-10,13H,2-3,5-6H2,1H3/t10?,13-,15?/m1/s1. The predicted octanol–water partition coefficient (Wildman–Crippen LogP) is 4.43. The maximum Gasteiger partial charge on any atom is 0.108 e. The Kier molecular flexibility index (Phi) is 2.40. The minimum absolute atomic E-state index is 0.392. The van der Waals surface area contributed by atoms with Crippen LogP contribution < -0.4 is 0 Å². The normalized spacial score (nSPS) is 33.2. The third-order valence-corrected chi connectivity index (χ3v) is 5.71. The van der Waals surface area contributed by atoms with Crippen LogP contribution in [0.2, 0.25) is 0 Å². The predicted molar refractivity (Wildman–Crippen MR) is 75.2 cm³/mol. The molecule has 2 aromatic rings. The number of halogens is 1. The summed E-state index contributed by atoms with van der Waals surface area (Å²) in [6.45, 7) is 1.75. The van der Waals surface area contributed by atoms with E-state index in [-0.39, 0.29) is 0 Å². The van der Waals surface area contributed by atoms with E-state index < -0.39 is 5.67 Å². The van der Waals surface area contributed by atoms with Crippen LogP contribution in [0.25, 0.3) is 11.3 Å². The van der Waals surface area contributed by atoms with Crippen molar-refractivity contribution >= 4 is 11.3 Å². The molecule has 100 valence electrons. The van der Waals surface area contributed by atoms with E-state index >= 15 is 0 Å². The quantitative estimate of drug-likeness (QED) is 0.753. The molecule has 4 rings (SSSR count). The van der Waals surface area contributed by atoms with Crippen molar-refractivity contribution in [2.24, 2.45) is 5.92 Å². The first kappa shape index (κ1) is 11.6. The fourth-order valence-corrected chi connectivity index (χ4v) is 4.72. The highest BCUT2D eigenvalue weighted by Gasteiger charge is 2.40. The lowest BCUT2D eigenvalue weighted by molar-refractivity contribution is 0.0924. The highest BCUT2D eigenvalue weighted by Crippen LogP contribution is 2.50. The zero-order chi connectivity index (χ0) is 13.0. The summed E-state index contributed by atoms with van der Waals surface area (Å²) in [5.41, 5.74) is 1.61. The molecule has 1 fully saturated rings. The molecule has 0 radical (unpaired) electrons. The maximum absolute atomic E-state index is 14.0. The molecule has 0 spiro atoms. The first-order valence-corrected chi connectivity index (χ1v) is 7.82. The second-order valence-electron chi connectivity index (χ2n) is 6.08. The van der Waals surface area contributed by atoms with E-state index in [2.05, 4.69) is 21.0 Å². The Labute approximate surface area is 116 Å². The van der Waals surface area contributed by atoms with Crippen molar-refractivity contribution in [1.29, 1.82) is 0 Å². The SMILES string of the molecule is CC1(F)CCC([C@@H]2c3sccc3-c3cncn32)CC1. The first-order chi connectivity index (χ1) is 9.16. The molecule has 1 aliphatic carbocycles. The summed E-state index contributed by atoms with van der Waals surface area (Å²) < 4.78 is 16.3. The highest BCUT2D eigenvalue weighted by molar-refractivity contribution is 7.10. The third-order valence-electron chi connectivity index (χ3n) is 4.72. The summed E-state index contributed by atoms with van der Waals surface area (Å²) >= 11 is 1.83. The van der Waals surface area contributed by atoms with Gasteiger partial charge in [-0.15, -0.1) is 11.3 Å². The molecule has 1 aliphatic heterocycles. The molecule has 2 aromatic heterocycles. The van der Waals surface area contributed by atoms with Crippen LogP contribution >= 0.6 is 11.3 Å². The van der Waals surface area contributed by atoms with Gasteiger partial charge in [0.2, 0.25) is 0 Å². The monoisotopic (exact) mass is 276 g/mol. The number of hydrogen-bond acceptors (Lipinski definition) is 2. The van der Waals surface area contributed by atoms with Crippen LogP contribution in [0, 0.1) is 5.92 Å². The van der Waals surface area contributed by atoms with Crippen LogP contribution in [0.15, 0.2) is 24.0 Å². The van der Waals surface area contributed by atoms with Gasteiger partial charge in [-0.3, -0.25) is 0 Å². The molecule has 0 unspecified atom stereocenters. The fraction of sp³-hybridized carbons (Fsp3) is 0.533. The Morgan fingerprint density at radius 3 is 3.00 bits per heavy atom. The van der Waals surface area contributed by atoms with Gasteiger partial charge in [0.15, 0.2) is 0 Å². The van der Waals surface area contributed by atoms with Gasteiger partial charge in [-0.1, -0.05) is 0 Å². The Hall–Kier alpha value is -1.16. The summed E-state index contributed by atoms with van der Waals surface area (Å²) in [6, 6.07) is 2.58. The van der Waals surface area contributed by atoms with Crippen LogP contribution in [-0.4, -0.2) is 15.2 Å². The highest BCUT2D eigenvalue weighted by atomic mass is 32.1. The largest absolute Gasteiger partial charge is 0.322 e. The average Bonchev–Trinajstić information content (AvgIpc) is 3.02. The van der Waals surface area contributed by atoms with Crippen LogP contribution in [0.5, 0.6) is 0 Å². The third kappa shape index (κ3) is 1.69. The number of rotatable bonds is 1. The van der Waals surface area contributed by atoms with E-state index in [9.17, 15) is 4.39 Å². The Balaban J connectivity index is 1.70. The van der Waals surface area contributed by atoms with Gasteiger partial charge in [0.05, 0.1) is 24.3 Å². The van der Waals surface area contributed by atoms with E-state index in [0.29, 0.717) is 24.8 Å². The second-order valence-corrected chi connectivity index (χ2v) is 7.03. The first-order valence-electron chi connectivity index (χ1n) is 6.94. The fourth-order valence-electron chi connectivity index (χ4n) is 3.62. The van der Waals surface area contributed by atoms with Crippen molar-refractivity contribution in [3.8, 4) is 11.3 Å².